The average molecular weight is 584 g/mol. The van der Waals surface area contributed by atoms with Gasteiger partial charge in [0, 0.05) is 28.3 Å². The molecule has 4 aromatic rings. The lowest BCUT2D eigenvalue weighted by atomic mass is 10.1. The van der Waals surface area contributed by atoms with Crippen molar-refractivity contribution in [3.63, 3.8) is 0 Å². The molecule has 3 heterocycles. The summed E-state index contributed by atoms with van der Waals surface area (Å²) < 4.78 is 1.00. The quantitative estimate of drug-likeness (QED) is 0.327. The summed E-state index contributed by atoms with van der Waals surface area (Å²) in [5.41, 5.74) is 1.65. The molecule has 2 fully saturated rings. The number of amides is 3. The van der Waals surface area contributed by atoms with Gasteiger partial charge in [-0.05, 0) is 41.6 Å². The molecular formula is C32H29N3O4S2. The van der Waals surface area contributed by atoms with Crippen LogP contribution in [0.1, 0.15) is 32.0 Å². The molecule has 1 aromatic heterocycles. The minimum atomic E-state index is -0.813. The van der Waals surface area contributed by atoms with Crippen molar-refractivity contribution in [2.75, 3.05) is 18.8 Å². The largest absolute Gasteiger partial charge is 0.339 e. The second-order valence-electron chi connectivity index (χ2n) is 10.3. The van der Waals surface area contributed by atoms with Gasteiger partial charge >= 0.3 is 0 Å². The molecular weight excluding hydrogens is 555 g/mol. The molecule has 1 N–H and O–H groups in total. The highest BCUT2D eigenvalue weighted by molar-refractivity contribution is 7.98. The van der Waals surface area contributed by atoms with E-state index >= 15 is 0 Å². The Balaban J connectivity index is 1.20. The van der Waals surface area contributed by atoms with E-state index in [0.717, 1.165) is 15.6 Å². The maximum absolute atomic E-state index is 14.0. The Morgan fingerprint density at radius 3 is 2.39 bits per heavy atom. The molecule has 0 spiro atoms. The molecule has 3 aromatic carbocycles. The maximum Gasteiger partial charge on any atom is 0.262 e. The van der Waals surface area contributed by atoms with E-state index in [1.165, 1.54) is 11.3 Å². The number of carbonyl (C=O) groups excluding carboxylic acids is 4. The third kappa shape index (κ3) is 5.64. The number of ketones is 1. The van der Waals surface area contributed by atoms with Crippen molar-refractivity contribution in [1.82, 2.24) is 15.1 Å². The Hall–Kier alpha value is -3.95. The molecule has 2 aliphatic rings. The summed E-state index contributed by atoms with van der Waals surface area (Å²) in [7, 11) is 0. The Bertz CT molecular complexity index is 1560. The number of thioether (sulfide) groups is 1. The minimum absolute atomic E-state index is 0.0194. The molecule has 6 rings (SSSR count). The van der Waals surface area contributed by atoms with Crippen molar-refractivity contribution in [2.24, 2.45) is 0 Å². The van der Waals surface area contributed by atoms with Gasteiger partial charge in [0.25, 0.3) is 11.8 Å². The number of carbonyl (C=O) groups is 4. The van der Waals surface area contributed by atoms with E-state index in [1.54, 1.807) is 45.8 Å². The smallest absolute Gasteiger partial charge is 0.262 e. The van der Waals surface area contributed by atoms with Crippen molar-refractivity contribution < 1.29 is 19.2 Å². The van der Waals surface area contributed by atoms with Gasteiger partial charge in [-0.3, -0.25) is 19.2 Å². The molecule has 3 amide bonds. The lowest BCUT2D eigenvalue weighted by Crippen LogP contribution is -2.53. The summed E-state index contributed by atoms with van der Waals surface area (Å²) >= 11 is 2.95. The van der Waals surface area contributed by atoms with Crippen molar-refractivity contribution in [1.29, 1.82) is 0 Å². The first-order chi connectivity index (χ1) is 20.0. The molecule has 41 heavy (non-hydrogen) atoms. The number of fused-ring (bicyclic) bond motifs is 2. The predicted octanol–water partition coefficient (Wildman–Crippen LogP) is 4.63. The predicted molar refractivity (Wildman–Crippen MR) is 162 cm³/mol. The van der Waals surface area contributed by atoms with Gasteiger partial charge in [0.1, 0.15) is 12.1 Å². The van der Waals surface area contributed by atoms with Crippen molar-refractivity contribution in [3.05, 3.63) is 107 Å². The highest BCUT2D eigenvalue weighted by Gasteiger charge is 2.52. The lowest BCUT2D eigenvalue weighted by Gasteiger charge is -2.28. The van der Waals surface area contributed by atoms with Crippen LogP contribution in [0.5, 0.6) is 0 Å². The van der Waals surface area contributed by atoms with Crippen LogP contribution in [0, 0.1) is 0 Å². The van der Waals surface area contributed by atoms with Crippen LogP contribution in [0.15, 0.2) is 91.0 Å². The van der Waals surface area contributed by atoms with E-state index in [4.69, 9.17) is 0 Å². The van der Waals surface area contributed by atoms with Crippen LogP contribution in [0.4, 0.5) is 0 Å². The zero-order valence-electron chi connectivity index (χ0n) is 22.3. The number of nitrogens with one attached hydrogen (secondary N) is 1. The minimum Gasteiger partial charge on any atom is -0.339 e. The molecule has 2 saturated heterocycles. The third-order valence-electron chi connectivity index (χ3n) is 7.64. The normalized spacial score (nSPS) is 18.9. The Kier molecular flexibility index (Phi) is 7.89. The number of nitrogens with zero attached hydrogens (tertiary/aromatic N) is 2. The first-order valence-electron chi connectivity index (χ1n) is 13.6. The SMILES string of the molecule is O=C(N[C@@H](CSCc1ccccc1)C(=O)N1CC[C@@H]2[C@H]1C(=O)CN2C(=O)c1ccccc1)c1cc2ccccc2s1. The molecule has 0 aliphatic carbocycles. The Labute approximate surface area is 246 Å². The molecule has 2 aliphatic heterocycles. The highest BCUT2D eigenvalue weighted by atomic mass is 32.2. The average Bonchev–Trinajstić information content (AvgIpc) is 3.72. The zero-order valence-corrected chi connectivity index (χ0v) is 23.9. The molecule has 0 radical (unpaired) electrons. The number of Topliss-reactive ketones (excluding diaryl/α,β-unsaturated/α-hetero) is 1. The molecule has 7 nitrogen and oxygen atoms in total. The molecule has 0 saturated carbocycles. The molecule has 0 bridgehead atoms. The van der Waals surface area contributed by atoms with Crippen LogP contribution in [-0.4, -0.2) is 70.3 Å². The number of hydrogen-bond acceptors (Lipinski definition) is 6. The lowest BCUT2D eigenvalue weighted by molar-refractivity contribution is -0.137. The number of rotatable bonds is 8. The molecule has 208 valence electrons. The monoisotopic (exact) mass is 583 g/mol. The third-order valence-corrected chi connectivity index (χ3v) is 9.86. The summed E-state index contributed by atoms with van der Waals surface area (Å²) in [6, 6.07) is 26.6. The van der Waals surface area contributed by atoms with Crippen LogP contribution in [0.25, 0.3) is 10.1 Å². The van der Waals surface area contributed by atoms with Crippen LogP contribution in [0.3, 0.4) is 0 Å². The number of likely N-dealkylation sites (tertiary alicyclic amines) is 2. The van der Waals surface area contributed by atoms with Crippen LogP contribution < -0.4 is 5.32 Å². The van der Waals surface area contributed by atoms with Gasteiger partial charge in [-0.1, -0.05) is 66.7 Å². The van der Waals surface area contributed by atoms with E-state index in [0.29, 0.717) is 34.9 Å². The highest BCUT2D eigenvalue weighted by Crippen LogP contribution is 2.32. The number of thiophene rings is 1. The molecule has 9 heteroatoms. The van der Waals surface area contributed by atoms with Crippen LogP contribution in [0.2, 0.25) is 0 Å². The standard InChI is InChI=1S/C32H29N3O4S2/c36-26-18-35(31(38)22-11-5-2-6-12-22)25-15-16-34(29(25)26)32(39)24(20-40-19-21-9-3-1-4-10-21)33-30(37)28-17-23-13-7-8-14-27(23)41-28/h1-14,17,24-25,29H,15-16,18-20H2,(H,33,37)/t24-,25+,29-/m0/s1. The summed E-state index contributed by atoms with van der Waals surface area (Å²) in [5, 5.41) is 3.96. The van der Waals surface area contributed by atoms with E-state index < -0.39 is 12.1 Å². The van der Waals surface area contributed by atoms with E-state index in [2.05, 4.69) is 5.32 Å². The van der Waals surface area contributed by atoms with Crippen LogP contribution in [-0.2, 0) is 15.3 Å². The topological polar surface area (TPSA) is 86.8 Å². The maximum atomic E-state index is 14.0. The summed E-state index contributed by atoms with van der Waals surface area (Å²) in [6.07, 6.45) is 0.523. The second-order valence-corrected chi connectivity index (χ2v) is 12.4. The van der Waals surface area contributed by atoms with Gasteiger partial charge in [-0.25, -0.2) is 0 Å². The number of hydrogen-bond donors (Lipinski definition) is 1. The second kappa shape index (κ2) is 11.9. The fourth-order valence-corrected chi connectivity index (χ4v) is 7.63. The van der Waals surface area contributed by atoms with E-state index in [9.17, 15) is 19.2 Å². The van der Waals surface area contributed by atoms with Gasteiger partial charge in [0.15, 0.2) is 5.78 Å². The Morgan fingerprint density at radius 2 is 1.63 bits per heavy atom. The number of benzene rings is 3. The fourth-order valence-electron chi connectivity index (χ4n) is 5.65. The molecule has 0 unspecified atom stereocenters. The van der Waals surface area contributed by atoms with Gasteiger partial charge in [-0.2, -0.15) is 11.8 Å². The fraction of sp³-hybridized carbons (Fsp3) is 0.250. The van der Waals surface area contributed by atoms with E-state index in [-0.39, 0.29) is 36.1 Å². The van der Waals surface area contributed by atoms with Crippen molar-refractivity contribution in [2.45, 2.75) is 30.3 Å². The molecule has 3 atom stereocenters. The van der Waals surface area contributed by atoms with Crippen molar-refractivity contribution in [3.8, 4) is 0 Å². The zero-order chi connectivity index (χ0) is 28.3. The Morgan fingerprint density at radius 1 is 0.927 bits per heavy atom. The van der Waals surface area contributed by atoms with Gasteiger partial charge in [0.2, 0.25) is 5.91 Å². The summed E-state index contributed by atoms with van der Waals surface area (Å²) in [4.78, 5) is 57.5. The van der Waals surface area contributed by atoms with Gasteiger partial charge in [-0.15, -0.1) is 11.3 Å². The first kappa shape index (κ1) is 27.2. The summed E-state index contributed by atoms with van der Waals surface area (Å²) in [6.45, 7) is 0.339. The van der Waals surface area contributed by atoms with Crippen molar-refractivity contribution >= 4 is 56.7 Å². The summed E-state index contributed by atoms with van der Waals surface area (Å²) in [5.74, 6) is 0.117. The van der Waals surface area contributed by atoms with E-state index in [1.807, 2.05) is 66.7 Å². The van der Waals surface area contributed by atoms with Gasteiger partial charge in [0.05, 0.1) is 17.5 Å². The van der Waals surface area contributed by atoms with Gasteiger partial charge < -0.3 is 15.1 Å². The van der Waals surface area contributed by atoms with Crippen LogP contribution >= 0.6 is 23.1 Å². The first-order valence-corrected chi connectivity index (χ1v) is 15.6.